The summed E-state index contributed by atoms with van der Waals surface area (Å²) in [6, 6.07) is 20.8. The van der Waals surface area contributed by atoms with Crippen LogP contribution in [0.5, 0.6) is 0 Å². The molecule has 3 aromatic carbocycles. The number of alkyl carbamates (subject to hydrolysis) is 1. The second kappa shape index (κ2) is 16.5. The second-order valence-electron chi connectivity index (χ2n) is 15.9. The van der Waals surface area contributed by atoms with Gasteiger partial charge in [-0.3, -0.25) is 4.90 Å². The number of nitrogens with zero attached hydrogens (tertiary/aromatic N) is 1. The van der Waals surface area contributed by atoms with Crippen LogP contribution in [0.25, 0.3) is 11.1 Å². The second-order valence-corrected chi connectivity index (χ2v) is 21.6. The van der Waals surface area contributed by atoms with Gasteiger partial charge in [-0.2, -0.15) is 0 Å². The first-order valence-corrected chi connectivity index (χ1v) is 20.1. The molecule has 48 heavy (non-hydrogen) atoms. The fourth-order valence-corrected chi connectivity index (χ4v) is 5.79. The van der Waals surface area contributed by atoms with E-state index in [9.17, 15) is 14.7 Å². The third kappa shape index (κ3) is 13.0. The molecular weight excluding hydrogens is 684 g/mol. The highest BCUT2D eigenvalue weighted by Gasteiger charge is 2.37. The number of benzene rings is 3. The number of carbonyl (C=O) groups is 2. The molecule has 0 bridgehead atoms. The molecule has 0 fully saturated rings. The number of carbonyl (C=O) groups excluding carboxylic acids is 1. The maximum Gasteiger partial charge on any atom is 0.408 e. The molecule has 0 unspecified atom stereocenters. The summed E-state index contributed by atoms with van der Waals surface area (Å²) in [5, 5.41) is 12.3. The van der Waals surface area contributed by atoms with Crippen molar-refractivity contribution in [1.82, 2.24) is 10.2 Å². The normalized spacial score (nSPS) is 12.1. The summed E-state index contributed by atoms with van der Waals surface area (Å²) in [5.41, 5.74) is 6.88. The third-order valence-electron chi connectivity index (χ3n) is 8.52. The first-order valence-electron chi connectivity index (χ1n) is 16.4. The molecule has 0 saturated carbocycles. The average Bonchev–Trinajstić information content (AvgIpc) is 2.94. The van der Waals surface area contributed by atoms with Crippen LogP contribution in [-0.4, -0.2) is 41.7 Å². The number of halogens is 1. The molecule has 0 aliphatic rings. The van der Waals surface area contributed by atoms with Crippen molar-refractivity contribution in [3.8, 4) is 11.1 Å². The lowest BCUT2D eigenvalue weighted by Gasteiger charge is -2.36. The van der Waals surface area contributed by atoms with Gasteiger partial charge in [-0.25, -0.2) is 9.59 Å². The predicted octanol–water partition coefficient (Wildman–Crippen LogP) is 11.2. The Hall–Kier alpha value is -3.14. The first-order chi connectivity index (χ1) is 21.9. The van der Waals surface area contributed by atoms with Crippen LogP contribution in [0.2, 0.25) is 18.1 Å². The van der Waals surface area contributed by atoms with Gasteiger partial charge in [0.2, 0.25) is 0 Å². The zero-order chi connectivity index (χ0) is 36.7. The van der Waals surface area contributed by atoms with E-state index in [1.165, 1.54) is 10.5 Å². The summed E-state index contributed by atoms with van der Waals surface area (Å²) in [6.45, 7) is 28.1. The molecule has 2 N–H and O–H groups in total. The van der Waals surface area contributed by atoms with E-state index in [1.54, 1.807) is 0 Å². The Bertz CT molecular complexity index is 1550. The monoisotopic (exact) mass is 740 g/mol. The van der Waals surface area contributed by atoms with Gasteiger partial charge in [0, 0.05) is 23.1 Å². The number of nitrogens with one attached hydrogen (secondary N) is 1. The third-order valence-corrected chi connectivity index (χ3v) is 13.5. The minimum atomic E-state index is -1.79. The SMILES string of the molecule is Cc1ccc(-c2cccc(CO[Si](C)(C)C(C)(C)C)c2)cc1CNC(=O)OC(C)(C)C.Cc1ccc(Br)cc1CN(C(=O)O)C(C)(C)C. The summed E-state index contributed by atoms with van der Waals surface area (Å²) < 4.78 is 12.7. The molecule has 0 heterocycles. The summed E-state index contributed by atoms with van der Waals surface area (Å²) in [7, 11) is -1.79. The van der Waals surface area contributed by atoms with Gasteiger partial charge in [0.15, 0.2) is 8.32 Å². The number of hydrogen-bond acceptors (Lipinski definition) is 4. The highest BCUT2D eigenvalue weighted by Crippen LogP contribution is 2.37. The van der Waals surface area contributed by atoms with Crippen LogP contribution in [-0.2, 0) is 28.9 Å². The molecule has 2 amide bonds. The maximum absolute atomic E-state index is 12.0. The van der Waals surface area contributed by atoms with Crippen LogP contribution < -0.4 is 5.32 Å². The molecule has 3 rings (SSSR count). The number of amides is 2. The van der Waals surface area contributed by atoms with Crippen molar-refractivity contribution < 1.29 is 23.9 Å². The molecule has 0 aliphatic carbocycles. The van der Waals surface area contributed by atoms with E-state index in [1.807, 2.05) is 66.7 Å². The van der Waals surface area contributed by atoms with Crippen molar-refractivity contribution in [3.63, 3.8) is 0 Å². The summed E-state index contributed by atoms with van der Waals surface area (Å²) in [4.78, 5) is 24.7. The van der Waals surface area contributed by atoms with Crippen LogP contribution in [0, 0.1) is 13.8 Å². The molecule has 0 saturated heterocycles. The number of carboxylic acid groups (broad SMARTS) is 1. The Kier molecular flexibility index (Phi) is 14.1. The topological polar surface area (TPSA) is 88.1 Å². The van der Waals surface area contributed by atoms with Crippen LogP contribution in [0.3, 0.4) is 0 Å². The van der Waals surface area contributed by atoms with E-state index in [2.05, 4.69) is 105 Å². The lowest BCUT2D eigenvalue weighted by Crippen LogP contribution is -2.44. The lowest BCUT2D eigenvalue weighted by molar-refractivity contribution is 0.0523. The number of hydrogen-bond donors (Lipinski definition) is 2. The molecular formula is C39H57BrN2O5Si. The van der Waals surface area contributed by atoms with Gasteiger partial charge < -0.3 is 19.6 Å². The van der Waals surface area contributed by atoms with Crippen molar-refractivity contribution >= 4 is 36.4 Å². The number of rotatable bonds is 8. The van der Waals surface area contributed by atoms with E-state index in [4.69, 9.17) is 9.16 Å². The van der Waals surface area contributed by atoms with Crippen molar-refractivity contribution in [2.75, 3.05) is 0 Å². The van der Waals surface area contributed by atoms with E-state index in [0.717, 1.165) is 37.9 Å². The largest absolute Gasteiger partial charge is 0.465 e. The van der Waals surface area contributed by atoms with Crippen molar-refractivity contribution in [2.24, 2.45) is 0 Å². The van der Waals surface area contributed by atoms with E-state index in [-0.39, 0.29) is 5.04 Å². The van der Waals surface area contributed by atoms with Crippen LogP contribution in [0.15, 0.2) is 65.1 Å². The van der Waals surface area contributed by atoms with E-state index in [0.29, 0.717) is 19.7 Å². The van der Waals surface area contributed by atoms with Crippen LogP contribution in [0.1, 0.15) is 90.1 Å². The summed E-state index contributed by atoms with van der Waals surface area (Å²) >= 11 is 3.41. The van der Waals surface area contributed by atoms with Gasteiger partial charge in [0.25, 0.3) is 0 Å². The zero-order valence-corrected chi connectivity index (χ0v) is 33.9. The Labute approximate surface area is 298 Å². The van der Waals surface area contributed by atoms with Gasteiger partial charge in [0.05, 0.1) is 6.61 Å². The Balaban J connectivity index is 0.000000397. The van der Waals surface area contributed by atoms with Crippen LogP contribution in [0.4, 0.5) is 9.59 Å². The average molecular weight is 742 g/mol. The highest BCUT2D eigenvalue weighted by atomic mass is 79.9. The van der Waals surface area contributed by atoms with Crippen molar-refractivity contribution in [1.29, 1.82) is 0 Å². The Morgan fingerprint density at radius 3 is 1.98 bits per heavy atom. The Morgan fingerprint density at radius 2 is 1.42 bits per heavy atom. The van der Waals surface area contributed by atoms with Crippen molar-refractivity contribution in [2.45, 2.75) is 125 Å². The van der Waals surface area contributed by atoms with E-state index >= 15 is 0 Å². The van der Waals surface area contributed by atoms with Crippen molar-refractivity contribution in [3.05, 3.63) is 93.0 Å². The molecule has 264 valence electrons. The molecule has 0 spiro atoms. The number of ether oxygens (including phenoxy) is 1. The van der Waals surface area contributed by atoms with Gasteiger partial charge >= 0.3 is 12.2 Å². The standard InChI is InChI=1S/C26H39NO3Si.C13H18BrNO2/c1-19-13-14-22(16-23(19)17-27-24(28)30-25(2,3)4)21-12-10-11-20(15-21)18-29-31(8,9)26(5,6)7;1-9-5-6-11(14)7-10(9)8-15(12(16)17)13(2,3)4/h10-16H,17-18H2,1-9H3,(H,27,28);5-7H,8H2,1-4H3,(H,16,17). The minimum absolute atomic E-state index is 0.192. The van der Waals surface area contributed by atoms with Crippen LogP contribution >= 0.6 is 15.9 Å². The van der Waals surface area contributed by atoms with Gasteiger partial charge in [-0.1, -0.05) is 73.1 Å². The molecule has 9 heteroatoms. The van der Waals surface area contributed by atoms with Gasteiger partial charge in [-0.15, -0.1) is 0 Å². The fraction of sp³-hybridized carbons (Fsp3) is 0.487. The molecule has 0 aliphatic heterocycles. The predicted molar refractivity (Wildman–Crippen MR) is 204 cm³/mol. The molecule has 0 radical (unpaired) electrons. The quantitative estimate of drug-likeness (QED) is 0.224. The lowest BCUT2D eigenvalue weighted by atomic mass is 9.98. The summed E-state index contributed by atoms with van der Waals surface area (Å²) in [5.74, 6) is 0. The first kappa shape index (κ1) is 41.0. The molecule has 0 atom stereocenters. The highest BCUT2D eigenvalue weighted by molar-refractivity contribution is 9.10. The molecule has 0 aromatic heterocycles. The zero-order valence-electron chi connectivity index (χ0n) is 31.3. The van der Waals surface area contributed by atoms with Gasteiger partial charge in [0.1, 0.15) is 5.60 Å². The molecule has 7 nitrogen and oxygen atoms in total. The summed E-state index contributed by atoms with van der Waals surface area (Å²) in [6.07, 6.45) is -1.29. The van der Waals surface area contributed by atoms with Gasteiger partial charge in [-0.05, 0) is 137 Å². The fourth-order valence-electron chi connectivity index (χ4n) is 4.42. The maximum atomic E-state index is 12.0. The van der Waals surface area contributed by atoms with E-state index < -0.39 is 31.6 Å². The minimum Gasteiger partial charge on any atom is -0.465 e. The molecule has 3 aromatic rings. The number of aryl methyl sites for hydroxylation is 2. The Morgan fingerprint density at radius 1 is 0.833 bits per heavy atom. The smallest absolute Gasteiger partial charge is 0.408 e.